The Balaban J connectivity index is 1.73. The van der Waals surface area contributed by atoms with Crippen molar-refractivity contribution >= 4 is 35.2 Å². The van der Waals surface area contributed by atoms with Crippen molar-refractivity contribution in [2.45, 2.75) is 32.2 Å². The summed E-state index contributed by atoms with van der Waals surface area (Å²) >= 11 is 1.59. The van der Waals surface area contributed by atoms with Crippen molar-refractivity contribution in [3.63, 3.8) is 0 Å². The van der Waals surface area contributed by atoms with Crippen molar-refractivity contribution in [3.8, 4) is 0 Å². The van der Waals surface area contributed by atoms with E-state index in [4.69, 9.17) is 5.73 Å². The predicted octanol–water partition coefficient (Wildman–Crippen LogP) is 1.73. The molecular formula is C17H21N3O3S. The van der Waals surface area contributed by atoms with E-state index in [2.05, 4.69) is 5.32 Å². The number of carbonyl (C=O) groups is 3. The number of amides is 3. The van der Waals surface area contributed by atoms with Gasteiger partial charge in [-0.05, 0) is 37.5 Å². The smallest absolute Gasteiger partial charge is 0.249 e. The first-order valence-corrected chi connectivity index (χ1v) is 9.23. The molecule has 0 unspecified atom stereocenters. The number of rotatable bonds is 4. The molecule has 0 radical (unpaired) electrons. The van der Waals surface area contributed by atoms with Crippen LogP contribution in [0.5, 0.6) is 0 Å². The summed E-state index contributed by atoms with van der Waals surface area (Å²) in [7, 11) is 0. The van der Waals surface area contributed by atoms with Crippen LogP contribution in [0.3, 0.4) is 0 Å². The number of nitrogens with one attached hydrogen (secondary N) is 1. The molecule has 2 aliphatic rings. The zero-order chi connectivity index (χ0) is 17.3. The van der Waals surface area contributed by atoms with E-state index in [1.54, 1.807) is 41.8 Å². The molecule has 1 saturated carbocycles. The fraction of sp³-hybridized carbons (Fsp3) is 0.471. The summed E-state index contributed by atoms with van der Waals surface area (Å²) < 4.78 is 0. The fourth-order valence-corrected chi connectivity index (χ4v) is 4.18. The maximum absolute atomic E-state index is 12.7. The Morgan fingerprint density at radius 2 is 2.04 bits per heavy atom. The Morgan fingerprint density at radius 3 is 2.67 bits per heavy atom. The molecule has 1 aromatic rings. The summed E-state index contributed by atoms with van der Waals surface area (Å²) in [5.74, 6) is 0.596. The topological polar surface area (TPSA) is 92.5 Å². The number of nitrogens with two attached hydrogens (primary N) is 1. The molecule has 3 N–H and O–H groups in total. The van der Waals surface area contributed by atoms with Crippen LogP contribution in [-0.2, 0) is 9.59 Å². The fourth-order valence-electron chi connectivity index (χ4n) is 3.02. The first-order valence-electron chi connectivity index (χ1n) is 8.07. The van der Waals surface area contributed by atoms with Crippen molar-refractivity contribution in [2.24, 2.45) is 11.7 Å². The molecule has 0 spiro atoms. The molecule has 0 bridgehead atoms. The normalized spacial score (nSPS) is 20.5. The molecular weight excluding hydrogens is 326 g/mol. The highest BCUT2D eigenvalue weighted by Crippen LogP contribution is 2.32. The van der Waals surface area contributed by atoms with Crippen molar-refractivity contribution < 1.29 is 14.4 Å². The lowest BCUT2D eigenvalue weighted by molar-refractivity contribution is -0.141. The van der Waals surface area contributed by atoms with Gasteiger partial charge in [0.1, 0.15) is 6.04 Å². The van der Waals surface area contributed by atoms with Crippen LogP contribution in [-0.4, -0.2) is 40.3 Å². The zero-order valence-corrected chi connectivity index (χ0v) is 14.4. The SMILES string of the molecule is Cc1c(NC(=O)[C@@H]2CSCN2C(=O)C2CCC2)cccc1C(N)=O. The lowest BCUT2D eigenvalue weighted by Crippen LogP contribution is -2.48. The van der Waals surface area contributed by atoms with E-state index in [0.29, 0.717) is 28.4 Å². The zero-order valence-electron chi connectivity index (χ0n) is 13.6. The van der Waals surface area contributed by atoms with Crippen LogP contribution in [0.2, 0.25) is 0 Å². The summed E-state index contributed by atoms with van der Waals surface area (Å²) in [5, 5.41) is 2.85. The van der Waals surface area contributed by atoms with Crippen molar-refractivity contribution in [1.82, 2.24) is 4.90 Å². The molecule has 0 aromatic heterocycles. The largest absolute Gasteiger partial charge is 0.366 e. The summed E-state index contributed by atoms with van der Waals surface area (Å²) in [4.78, 5) is 38.3. The molecule has 1 aromatic carbocycles. The van der Waals surface area contributed by atoms with Crippen LogP contribution in [0.4, 0.5) is 5.69 Å². The average Bonchev–Trinajstić information content (AvgIpc) is 2.96. The number of thioether (sulfide) groups is 1. The second-order valence-corrected chi connectivity index (χ2v) is 7.28. The highest BCUT2D eigenvalue weighted by molar-refractivity contribution is 7.99. The van der Waals surface area contributed by atoms with E-state index < -0.39 is 11.9 Å². The van der Waals surface area contributed by atoms with Crippen LogP contribution in [0, 0.1) is 12.8 Å². The third kappa shape index (κ3) is 3.13. The molecule has 3 rings (SSSR count). The van der Waals surface area contributed by atoms with E-state index >= 15 is 0 Å². The van der Waals surface area contributed by atoms with Crippen molar-refractivity contribution in [3.05, 3.63) is 29.3 Å². The van der Waals surface area contributed by atoms with E-state index in [9.17, 15) is 14.4 Å². The lowest BCUT2D eigenvalue weighted by atomic mass is 9.84. The van der Waals surface area contributed by atoms with Crippen LogP contribution in [0.1, 0.15) is 35.2 Å². The van der Waals surface area contributed by atoms with Gasteiger partial charge in [-0.1, -0.05) is 12.5 Å². The number of hydrogen-bond acceptors (Lipinski definition) is 4. The molecule has 6 nitrogen and oxygen atoms in total. The van der Waals surface area contributed by atoms with Gasteiger partial charge in [0.2, 0.25) is 17.7 Å². The van der Waals surface area contributed by atoms with Crippen LogP contribution in [0.15, 0.2) is 18.2 Å². The minimum Gasteiger partial charge on any atom is -0.366 e. The number of primary amides is 1. The van der Waals surface area contributed by atoms with Gasteiger partial charge in [0.25, 0.3) is 0 Å². The monoisotopic (exact) mass is 347 g/mol. The standard InChI is InChI=1S/C17H21N3O3S/c1-10-12(15(18)21)6-3-7-13(10)19-16(22)14-8-24-9-20(14)17(23)11-4-2-5-11/h3,6-7,11,14H,2,4-5,8-9H2,1H3,(H2,18,21)(H,19,22)/t14-/m0/s1. The van der Waals surface area contributed by atoms with Gasteiger partial charge in [0, 0.05) is 22.9 Å². The number of anilines is 1. The third-order valence-corrected chi connectivity index (χ3v) is 5.79. The van der Waals surface area contributed by atoms with Crippen molar-refractivity contribution in [1.29, 1.82) is 0 Å². The third-order valence-electron chi connectivity index (χ3n) is 4.78. The number of benzene rings is 1. The van der Waals surface area contributed by atoms with Gasteiger partial charge in [-0.3, -0.25) is 14.4 Å². The van der Waals surface area contributed by atoms with Gasteiger partial charge in [-0.15, -0.1) is 11.8 Å². The quantitative estimate of drug-likeness (QED) is 0.867. The molecule has 1 heterocycles. The Kier molecular flexibility index (Phi) is 4.80. The van der Waals surface area contributed by atoms with E-state index in [1.165, 1.54) is 0 Å². The van der Waals surface area contributed by atoms with E-state index in [1.807, 2.05) is 0 Å². The number of hydrogen-bond donors (Lipinski definition) is 2. The Labute approximate surface area is 145 Å². The molecule has 1 aliphatic carbocycles. The van der Waals surface area contributed by atoms with Gasteiger partial charge in [-0.25, -0.2) is 0 Å². The molecule has 2 fully saturated rings. The Hall–Kier alpha value is -2.02. The van der Waals surface area contributed by atoms with Gasteiger partial charge in [-0.2, -0.15) is 0 Å². The molecule has 24 heavy (non-hydrogen) atoms. The molecule has 1 aliphatic heterocycles. The highest BCUT2D eigenvalue weighted by atomic mass is 32.2. The first kappa shape index (κ1) is 16.8. The van der Waals surface area contributed by atoms with Crippen molar-refractivity contribution in [2.75, 3.05) is 16.9 Å². The summed E-state index contributed by atoms with van der Waals surface area (Å²) in [6.45, 7) is 1.75. The Morgan fingerprint density at radius 1 is 1.29 bits per heavy atom. The lowest BCUT2D eigenvalue weighted by Gasteiger charge is -2.31. The van der Waals surface area contributed by atoms with Gasteiger partial charge in [0.05, 0.1) is 5.88 Å². The molecule has 3 amide bonds. The second kappa shape index (κ2) is 6.84. The van der Waals surface area contributed by atoms with Crippen LogP contribution in [0.25, 0.3) is 0 Å². The van der Waals surface area contributed by atoms with Gasteiger partial charge >= 0.3 is 0 Å². The maximum Gasteiger partial charge on any atom is 0.249 e. The molecule has 1 atom stereocenters. The first-order chi connectivity index (χ1) is 11.5. The van der Waals surface area contributed by atoms with E-state index in [-0.39, 0.29) is 17.7 Å². The number of carbonyl (C=O) groups excluding carboxylic acids is 3. The summed E-state index contributed by atoms with van der Waals surface area (Å²) in [6, 6.07) is 4.59. The molecule has 1 saturated heterocycles. The highest BCUT2D eigenvalue weighted by Gasteiger charge is 2.39. The number of nitrogens with zero attached hydrogens (tertiary/aromatic N) is 1. The van der Waals surface area contributed by atoms with Crippen LogP contribution >= 0.6 is 11.8 Å². The van der Waals surface area contributed by atoms with Gasteiger partial charge in [0.15, 0.2) is 0 Å². The minimum absolute atomic E-state index is 0.0823. The second-order valence-electron chi connectivity index (χ2n) is 6.28. The Bertz CT molecular complexity index is 688. The molecule has 128 valence electrons. The van der Waals surface area contributed by atoms with Gasteiger partial charge < -0.3 is 16.0 Å². The molecule has 7 heteroatoms. The summed E-state index contributed by atoms with van der Waals surface area (Å²) in [6.07, 6.45) is 2.94. The summed E-state index contributed by atoms with van der Waals surface area (Å²) in [5.41, 5.74) is 6.93. The average molecular weight is 347 g/mol. The maximum atomic E-state index is 12.7. The van der Waals surface area contributed by atoms with Crippen LogP contribution < -0.4 is 11.1 Å². The minimum atomic E-state index is -0.526. The van der Waals surface area contributed by atoms with E-state index in [0.717, 1.165) is 19.3 Å². The predicted molar refractivity (Wildman–Crippen MR) is 93.6 cm³/mol.